The first-order valence-corrected chi connectivity index (χ1v) is 14.3. The molecule has 0 aliphatic carbocycles. The lowest BCUT2D eigenvalue weighted by atomic mass is 10.1. The van der Waals surface area contributed by atoms with Crippen molar-refractivity contribution in [2.75, 3.05) is 24.2 Å². The van der Waals surface area contributed by atoms with Gasteiger partial charge in [0.15, 0.2) is 0 Å². The second kappa shape index (κ2) is 12.6. The number of halogens is 1. The van der Waals surface area contributed by atoms with E-state index in [-0.39, 0.29) is 37.7 Å². The number of sulfonamides is 1. The Morgan fingerprint density at radius 2 is 1.78 bits per heavy atom. The van der Waals surface area contributed by atoms with Crippen molar-refractivity contribution < 1.29 is 22.7 Å². The predicted molar refractivity (Wildman–Crippen MR) is 149 cm³/mol. The first-order valence-electron chi connectivity index (χ1n) is 12.1. The Bertz CT molecular complexity index is 1210. The van der Waals surface area contributed by atoms with Crippen LogP contribution in [0.2, 0.25) is 5.02 Å². The number of nitrogens with zero attached hydrogens (tertiary/aromatic N) is 2. The first kappa shape index (κ1) is 30.4. The topological polar surface area (TPSA) is 96.0 Å². The highest BCUT2D eigenvalue weighted by atomic mass is 35.5. The smallest absolute Gasteiger partial charge is 0.242 e. The summed E-state index contributed by atoms with van der Waals surface area (Å²) in [6.45, 7) is 9.39. The van der Waals surface area contributed by atoms with Gasteiger partial charge < -0.3 is 15.0 Å². The molecule has 0 heterocycles. The first-order chi connectivity index (χ1) is 17.1. The zero-order chi connectivity index (χ0) is 28.0. The molecule has 37 heavy (non-hydrogen) atoms. The number of ether oxygens (including phenoxy) is 1. The highest BCUT2D eigenvalue weighted by Crippen LogP contribution is 2.28. The van der Waals surface area contributed by atoms with Crippen LogP contribution in [-0.2, 0) is 26.2 Å². The van der Waals surface area contributed by atoms with Crippen LogP contribution in [0.3, 0.4) is 0 Å². The molecule has 1 N–H and O–H groups in total. The predicted octanol–water partition coefficient (Wildman–Crippen LogP) is 4.54. The van der Waals surface area contributed by atoms with Crippen LogP contribution in [0.5, 0.6) is 5.75 Å². The summed E-state index contributed by atoms with van der Waals surface area (Å²) in [5.41, 5.74) is 1.48. The SMILES string of the molecule is COc1cccc(CN(C(=O)CCCN(c2cccc(Cl)c2C)S(C)(=O)=O)[C@H](C)C(=O)NC(C)(C)C)c1. The lowest BCUT2D eigenvalue weighted by molar-refractivity contribution is -0.141. The fourth-order valence-electron chi connectivity index (χ4n) is 3.87. The van der Waals surface area contributed by atoms with E-state index in [1.165, 1.54) is 9.21 Å². The number of hydrogen-bond acceptors (Lipinski definition) is 5. The van der Waals surface area contributed by atoms with E-state index in [9.17, 15) is 18.0 Å². The number of nitrogens with one attached hydrogen (secondary N) is 1. The number of methoxy groups -OCH3 is 1. The molecule has 0 aromatic heterocycles. The monoisotopic (exact) mass is 551 g/mol. The Hall–Kier alpha value is -2.78. The average molecular weight is 552 g/mol. The van der Waals surface area contributed by atoms with Crippen molar-refractivity contribution in [1.29, 1.82) is 0 Å². The van der Waals surface area contributed by atoms with Crippen LogP contribution in [-0.4, -0.2) is 56.6 Å². The number of carbonyl (C=O) groups is 2. The molecule has 2 rings (SSSR count). The van der Waals surface area contributed by atoms with Gasteiger partial charge in [0.05, 0.1) is 19.1 Å². The normalized spacial score (nSPS) is 12.5. The van der Waals surface area contributed by atoms with Crippen molar-refractivity contribution in [1.82, 2.24) is 10.2 Å². The van der Waals surface area contributed by atoms with Gasteiger partial charge in [0.2, 0.25) is 21.8 Å². The minimum absolute atomic E-state index is 0.0583. The average Bonchev–Trinajstić information content (AvgIpc) is 2.80. The Kier molecular flexibility index (Phi) is 10.4. The van der Waals surface area contributed by atoms with E-state index < -0.39 is 21.6 Å². The van der Waals surface area contributed by atoms with Crippen molar-refractivity contribution in [3.63, 3.8) is 0 Å². The van der Waals surface area contributed by atoms with E-state index >= 15 is 0 Å². The van der Waals surface area contributed by atoms with Crippen molar-refractivity contribution in [3.05, 3.63) is 58.6 Å². The van der Waals surface area contributed by atoms with Crippen LogP contribution in [0.25, 0.3) is 0 Å². The number of anilines is 1. The number of amides is 2. The quantitative estimate of drug-likeness (QED) is 0.442. The molecular formula is C27H38ClN3O5S. The Labute approximate surface area is 226 Å². The lowest BCUT2D eigenvalue weighted by Crippen LogP contribution is -2.52. The van der Waals surface area contributed by atoms with Crippen LogP contribution < -0.4 is 14.4 Å². The summed E-state index contributed by atoms with van der Waals surface area (Å²) in [4.78, 5) is 27.9. The largest absolute Gasteiger partial charge is 0.497 e. The van der Waals surface area contributed by atoms with Gasteiger partial charge in [-0.05, 0) is 76.4 Å². The molecular weight excluding hydrogens is 514 g/mol. The number of hydrogen-bond donors (Lipinski definition) is 1. The summed E-state index contributed by atoms with van der Waals surface area (Å²) >= 11 is 6.21. The summed E-state index contributed by atoms with van der Waals surface area (Å²) in [6, 6.07) is 11.7. The molecule has 10 heteroatoms. The fourth-order valence-corrected chi connectivity index (χ4v) is 5.06. The van der Waals surface area contributed by atoms with Crippen molar-refractivity contribution >= 4 is 39.1 Å². The van der Waals surface area contributed by atoms with Gasteiger partial charge >= 0.3 is 0 Å². The van der Waals surface area contributed by atoms with E-state index in [0.29, 0.717) is 22.0 Å². The van der Waals surface area contributed by atoms with Gasteiger partial charge in [-0.2, -0.15) is 0 Å². The molecule has 2 aromatic rings. The molecule has 8 nitrogen and oxygen atoms in total. The molecule has 2 aromatic carbocycles. The van der Waals surface area contributed by atoms with E-state index in [1.807, 2.05) is 45.0 Å². The fraction of sp³-hybridized carbons (Fsp3) is 0.481. The van der Waals surface area contributed by atoms with Gasteiger partial charge in [0.25, 0.3) is 0 Å². The second-order valence-corrected chi connectivity index (χ2v) is 12.4. The zero-order valence-corrected chi connectivity index (χ0v) is 24.2. The van der Waals surface area contributed by atoms with Gasteiger partial charge in [-0.25, -0.2) is 8.42 Å². The molecule has 2 amide bonds. The minimum Gasteiger partial charge on any atom is -0.497 e. The molecule has 0 unspecified atom stereocenters. The molecule has 204 valence electrons. The molecule has 0 aliphatic heterocycles. The molecule has 0 bridgehead atoms. The molecule has 1 atom stereocenters. The zero-order valence-electron chi connectivity index (χ0n) is 22.7. The molecule has 0 radical (unpaired) electrons. The molecule has 0 fully saturated rings. The van der Waals surface area contributed by atoms with Crippen LogP contribution in [0, 0.1) is 6.92 Å². The molecule has 0 aliphatic rings. The maximum Gasteiger partial charge on any atom is 0.242 e. The second-order valence-electron chi connectivity index (χ2n) is 10.1. The summed E-state index contributed by atoms with van der Waals surface area (Å²) in [5.74, 6) is 0.129. The highest BCUT2D eigenvalue weighted by molar-refractivity contribution is 7.92. The third-order valence-corrected chi connectivity index (χ3v) is 7.40. The summed E-state index contributed by atoms with van der Waals surface area (Å²) in [6.07, 6.45) is 1.45. The van der Waals surface area contributed by atoms with Crippen molar-refractivity contribution in [2.24, 2.45) is 0 Å². The third-order valence-electron chi connectivity index (χ3n) is 5.81. The van der Waals surface area contributed by atoms with Crippen LogP contribution in [0.15, 0.2) is 42.5 Å². The van der Waals surface area contributed by atoms with Gasteiger partial charge in [-0.15, -0.1) is 0 Å². The van der Waals surface area contributed by atoms with Crippen molar-refractivity contribution in [2.45, 2.75) is 65.6 Å². The van der Waals surface area contributed by atoms with E-state index in [1.54, 1.807) is 39.2 Å². The Balaban J connectivity index is 2.24. The van der Waals surface area contributed by atoms with E-state index in [2.05, 4.69) is 5.32 Å². The molecule has 0 spiro atoms. The van der Waals surface area contributed by atoms with Gasteiger partial charge in [-0.3, -0.25) is 13.9 Å². The standard InChI is InChI=1S/C27H38ClN3O5S/c1-19-23(28)13-9-14-24(19)31(37(7,34)35)16-10-15-25(32)30(20(2)26(33)29-27(3,4)5)18-21-11-8-12-22(17-21)36-6/h8-9,11-14,17,20H,10,15-16,18H2,1-7H3,(H,29,33)/t20-/m1/s1. The van der Waals surface area contributed by atoms with Gasteiger partial charge in [-0.1, -0.05) is 29.8 Å². The Morgan fingerprint density at radius 3 is 2.38 bits per heavy atom. The minimum atomic E-state index is -3.61. The summed E-state index contributed by atoms with van der Waals surface area (Å²) in [5, 5.41) is 3.40. The maximum absolute atomic E-state index is 13.4. The van der Waals surface area contributed by atoms with Crippen LogP contribution >= 0.6 is 11.6 Å². The Morgan fingerprint density at radius 1 is 1.14 bits per heavy atom. The van der Waals surface area contributed by atoms with Crippen LogP contribution in [0.4, 0.5) is 5.69 Å². The lowest BCUT2D eigenvalue weighted by Gasteiger charge is -2.32. The number of benzene rings is 2. The molecule has 0 saturated carbocycles. The number of rotatable bonds is 11. The van der Waals surface area contributed by atoms with Gasteiger partial charge in [0.1, 0.15) is 11.8 Å². The molecule has 0 saturated heterocycles. The van der Waals surface area contributed by atoms with E-state index in [0.717, 1.165) is 11.8 Å². The maximum atomic E-state index is 13.4. The van der Waals surface area contributed by atoms with Gasteiger partial charge in [0, 0.05) is 30.1 Å². The summed E-state index contributed by atoms with van der Waals surface area (Å²) in [7, 11) is -2.04. The third kappa shape index (κ3) is 8.93. The van der Waals surface area contributed by atoms with E-state index in [4.69, 9.17) is 16.3 Å². The number of carbonyl (C=O) groups excluding carboxylic acids is 2. The van der Waals surface area contributed by atoms with Crippen molar-refractivity contribution in [3.8, 4) is 5.75 Å². The summed E-state index contributed by atoms with van der Waals surface area (Å²) < 4.78 is 31.7. The highest BCUT2D eigenvalue weighted by Gasteiger charge is 2.29. The van der Waals surface area contributed by atoms with Crippen LogP contribution in [0.1, 0.15) is 51.7 Å².